The van der Waals surface area contributed by atoms with Gasteiger partial charge in [-0.2, -0.15) is 39.5 Å². The van der Waals surface area contributed by atoms with Crippen molar-refractivity contribution in [2.45, 2.75) is 94.9 Å². The van der Waals surface area contributed by atoms with E-state index < -0.39 is 60.1 Å². The molecular weight excluding hydrogens is 669 g/mol. The number of fused-ring (bicyclic) bond motifs is 5. The summed E-state index contributed by atoms with van der Waals surface area (Å²) in [6.45, 7) is 1.25. The Labute approximate surface area is 268 Å². The summed E-state index contributed by atoms with van der Waals surface area (Å²) in [5, 5.41) is 0. The van der Waals surface area contributed by atoms with Gasteiger partial charge in [0.15, 0.2) is 5.78 Å². The molecule has 3 aliphatic rings. The first-order chi connectivity index (χ1) is 22.2. The van der Waals surface area contributed by atoms with Gasteiger partial charge in [0.25, 0.3) is 0 Å². The van der Waals surface area contributed by atoms with Gasteiger partial charge in [0, 0.05) is 18.7 Å². The largest absolute Gasteiger partial charge is 0.457 e. The maximum atomic E-state index is 14.3. The van der Waals surface area contributed by atoms with E-state index in [0.717, 1.165) is 49.4 Å². The van der Waals surface area contributed by atoms with Crippen LogP contribution in [0.3, 0.4) is 0 Å². The molecule has 0 bridgehead atoms. The van der Waals surface area contributed by atoms with Crippen molar-refractivity contribution >= 4 is 5.78 Å². The van der Waals surface area contributed by atoms with Crippen LogP contribution in [0.15, 0.2) is 30.3 Å². The van der Waals surface area contributed by atoms with Crippen LogP contribution in [0, 0.1) is 28.9 Å². The van der Waals surface area contributed by atoms with Gasteiger partial charge in [0.1, 0.15) is 23.1 Å². The van der Waals surface area contributed by atoms with Crippen molar-refractivity contribution in [3.05, 3.63) is 58.7 Å². The number of ketones is 1. The Bertz CT molecular complexity index is 1460. The average molecular weight is 703 g/mol. The molecule has 0 unspecified atom stereocenters. The average Bonchev–Trinajstić information content (AvgIpc) is 3.28. The van der Waals surface area contributed by atoms with E-state index >= 15 is 0 Å². The molecule has 15 heteroatoms. The highest BCUT2D eigenvalue weighted by atomic mass is 19.4. The van der Waals surface area contributed by atoms with Gasteiger partial charge in [0.05, 0.1) is 18.3 Å². The number of carbonyl (C=O) groups is 1. The SMILES string of the molecule is CC(=O)c1c(F)cc(Oc2ccc3c(c2)CC[C@@H]2[C@@H]3CC[C@]3(C)[C@@H](OCCCOC(C(F)(F)F)(C(F)(F)F)C(F)(F)F)CC[C@@H]23)cc1F. The Morgan fingerprint density at radius 1 is 0.833 bits per heavy atom. The van der Waals surface area contributed by atoms with Crippen LogP contribution in [0.1, 0.15) is 79.8 Å². The number of hydrogen-bond donors (Lipinski definition) is 0. The Hall–Kier alpha value is -2.94. The van der Waals surface area contributed by atoms with E-state index in [9.17, 15) is 53.1 Å². The van der Waals surface area contributed by atoms with Gasteiger partial charge < -0.3 is 14.2 Å². The van der Waals surface area contributed by atoms with Crippen molar-refractivity contribution in [3.8, 4) is 11.5 Å². The molecule has 266 valence electrons. The predicted molar refractivity (Wildman–Crippen MR) is 149 cm³/mol. The van der Waals surface area contributed by atoms with Gasteiger partial charge in [-0.1, -0.05) is 13.0 Å². The van der Waals surface area contributed by atoms with E-state index in [1.54, 1.807) is 6.07 Å². The Morgan fingerprint density at radius 3 is 2.04 bits per heavy atom. The summed E-state index contributed by atoms with van der Waals surface area (Å²) in [6.07, 6.45) is -17.0. The van der Waals surface area contributed by atoms with Gasteiger partial charge in [-0.05, 0) is 98.3 Å². The number of hydrogen-bond acceptors (Lipinski definition) is 4. The van der Waals surface area contributed by atoms with E-state index in [4.69, 9.17) is 9.47 Å². The van der Waals surface area contributed by atoms with Crippen LogP contribution in [0.25, 0.3) is 0 Å². The highest BCUT2D eigenvalue weighted by Crippen LogP contribution is 2.62. The summed E-state index contributed by atoms with van der Waals surface area (Å²) >= 11 is 0. The molecule has 0 N–H and O–H groups in total. The van der Waals surface area contributed by atoms with Crippen LogP contribution in [0.4, 0.5) is 48.3 Å². The summed E-state index contributed by atoms with van der Waals surface area (Å²) < 4.78 is 162. The molecule has 3 aliphatic carbocycles. The summed E-state index contributed by atoms with van der Waals surface area (Å²) in [5.41, 5.74) is -5.14. The van der Waals surface area contributed by atoms with Crippen LogP contribution in [0.2, 0.25) is 0 Å². The molecule has 2 aromatic rings. The maximum Gasteiger partial charge on any atom is 0.435 e. The molecule has 0 amide bonds. The van der Waals surface area contributed by atoms with E-state index in [-0.39, 0.29) is 41.6 Å². The van der Waals surface area contributed by atoms with Gasteiger partial charge in [-0.3, -0.25) is 4.79 Å². The monoisotopic (exact) mass is 702 g/mol. The topological polar surface area (TPSA) is 44.8 Å². The van der Waals surface area contributed by atoms with E-state index in [1.807, 2.05) is 19.1 Å². The van der Waals surface area contributed by atoms with Crippen LogP contribution >= 0.6 is 0 Å². The fraction of sp³-hybridized carbons (Fsp3) is 0.606. The third kappa shape index (κ3) is 6.29. The minimum absolute atomic E-state index is 0.0963. The van der Waals surface area contributed by atoms with Crippen LogP contribution in [-0.2, 0) is 15.9 Å². The molecule has 0 spiro atoms. The lowest BCUT2D eigenvalue weighted by molar-refractivity contribution is -0.457. The van der Waals surface area contributed by atoms with Gasteiger partial charge in [0.2, 0.25) is 0 Å². The van der Waals surface area contributed by atoms with E-state index in [2.05, 4.69) is 4.74 Å². The zero-order valence-electron chi connectivity index (χ0n) is 25.9. The number of alkyl halides is 9. The number of Topliss-reactive ketones (excluding diaryl/α,β-unsaturated/α-hetero) is 1. The minimum Gasteiger partial charge on any atom is -0.457 e. The molecule has 0 saturated heterocycles. The zero-order valence-corrected chi connectivity index (χ0v) is 25.9. The number of benzene rings is 2. The second-order valence-corrected chi connectivity index (χ2v) is 13.1. The lowest BCUT2D eigenvalue weighted by Gasteiger charge is -2.50. The van der Waals surface area contributed by atoms with Crippen molar-refractivity contribution in [1.82, 2.24) is 0 Å². The van der Waals surface area contributed by atoms with Crippen LogP contribution in [-0.4, -0.2) is 49.2 Å². The molecule has 0 aromatic heterocycles. The van der Waals surface area contributed by atoms with Gasteiger partial charge >= 0.3 is 24.1 Å². The maximum absolute atomic E-state index is 14.3. The fourth-order valence-corrected chi connectivity index (χ4v) is 8.17. The second kappa shape index (κ2) is 12.7. The Balaban J connectivity index is 1.20. The fourth-order valence-electron chi connectivity index (χ4n) is 8.17. The molecule has 2 fully saturated rings. The molecule has 5 rings (SSSR count). The summed E-state index contributed by atoms with van der Waals surface area (Å²) in [6, 6.07) is 7.35. The summed E-state index contributed by atoms with van der Waals surface area (Å²) in [5.74, 6) is -1.88. The molecule has 0 aliphatic heterocycles. The first kappa shape index (κ1) is 36.3. The molecule has 4 nitrogen and oxygen atoms in total. The smallest absolute Gasteiger partial charge is 0.435 e. The van der Waals surface area contributed by atoms with Crippen molar-refractivity contribution in [2.24, 2.45) is 17.3 Å². The third-order valence-electron chi connectivity index (χ3n) is 10.3. The van der Waals surface area contributed by atoms with Crippen molar-refractivity contribution in [3.63, 3.8) is 0 Å². The second-order valence-electron chi connectivity index (χ2n) is 13.1. The lowest BCUT2D eigenvalue weighted by atomic mass is 9.55. The molecule has 2 aromatic carbocycles. The van der Waals surface area contributed by atoms with E-state index in [0.29, 0.717) is 25.0 Å². The standard InChI is InChI=1S/C33H33F11O4/c1-17(45)28-25(34)15-20(16-26(28)35)48-19-5-7-21-18(14-19)4-6-23-22(21)10-11-29(2)24(23)8-9-27(29)46-12-3-13-47-30(31(36,37)38,32(39,40)41)33(42,43)44/h5,7,14-16,22-24,27H,3-4,6,8-13H2,1-2H3/t22-,23-,24+,27+,29+/m1/s1. The molecular formula is C33H33F11O4. The number of aryl methyl sites for hydroxylation is 1. The Morgan fingerprint density at radius 2 is 1.46 bits per heavy atom. The number of ether oxygens (including phenoxy) is 3. The highest BCUT2D eigenvalue weighted by Gasteiger charge is 2.85. The van der Waals surface area contributed by atoms with Crippen molar-refractivity contribution in [1.29, 1.82) is 0 Å². The quantitative estimate of drug-likeness (QED) is 0.148. The summed E-state index contributed by atoms with van der Waals surface area (Å²) in [7, 11) is 0. The summed E-state index contributed by atoms with van der Waals surface area (Å²) in [4.78, 5) is 11.5. The number of carbonyl (C=O) groups excluding carboxylic acids is 1. The first-order valence-corrected chi connectivity index (χ1v) is 15.5. The highest BCUT2D eigenvalue weighted by molar-refractivity contribution is 5.94. The lowest BCUT2D eigenvalue weighted by Crippen LogP contribution is -2.67. The molecule has 2 saturated carbocycles. The third-order valence-corrected chi connectivity index (χ3v) is 10.3. The number of rotatable bonds is 9. The molecule has 0 heterocycles. The molecule has 48 heavy (non-hydrogen) atoms. The van der Waals surface area contributed by atoms with Crippen LogP contribution < -0.4 is 4.74 Å². The number of halogens is 11. The van der Waals surface area contributed by atoms with Gasteiger partial charge in [-0.25, -0.2) is 8.78 Å². The van der Waals surface area contributed by atoms with Crippen molar-refractivity contribution < 1.29 is 67.3 Å². The predicted octanol–water partition coefficient (Wildman–Crippen LogP) is 10.0. The van der Waals surface area contributed by atoms with Crippen molar-refractivity contribution in [2.75, 3.05) is 13.2 Å². The molecule has 0 radical (unpaired) electrons. The first-order valence-electron chi connectivity index (χ1n) is 15.5. The minimum atomic E-state index is -6.77. The Kier molecular flexibility index (Phi) is 9.65. The normalized spacial score (nSPS) is 26.1. The van der Waals surface area contributed by atoms with E-state index in [1.165, 1.54) is 0 Å². The molecule has 5 atom stereocenters. The zero-order chi connectivity index (χ0) is 35.4. The van der Waals surface area contributed by atoms with Crippen LogP contribution in [0.5, 0.6) is 11.5 Å². The van der Waals surface area contributed by atoms with Gasteiger partial charge in [-0.15, -0.1) is 0 Å².